The van der Waals surface area contributed by atoms with Crippen molar-refractivity contribution in [3.05, 3.63) is 40.5 Å². The van der Waals surface area contributed by atoms with Crippen molar-refractivity contribution < 1.29 is 0 Å². The van der Waals surface area contributed by atoms with Crippen LogP contribution in [0.1, 0.15) is 16.5 Å². The Labute approximate surface area is 85.6 Å². The van der Waals surface area contributed by atoms with Gasteiger partial charge in [-0.25, -0.2) is 4.98 Å². The summed E-state index contributed by atoms with van der Waals surface area (Å²) in [5, 5.41) is 0. The summed E-state index contributed by atoms with van der Waals surface area (Å²) < 4.78 is 0. The van der Waals surface area contributed by atoms with Crippen molar-refractivity contribution in [2.45, 2.75) is 6.04 Å². The summed E-state index contributed by atoms with van der Waals surface area (Å²) in [5.41, 5.74) is 14.3. The maximum Gasteiger partial charge on any atom is 0.128 e. The van der Waals surface area contributed by atoms with Gasteiger partial charge in [0, 0.05) is 22.8 Å². The van der Waals surface area contributed by atoms with Crippen LogP contribution in [0.15, 0.2) is 30.0 Å². The minimum Gasteiger partial charge on any atom is -0.383 e. The third-order valence-electron chi connectivity index (χ3n) is 1.96. The van der Waals surface area contributed by atoms with E-state index in [0.29, 0.717) is 5.82 Å². The fourth-order valence-electron chi connectivity index (χ4n) is 1.23. The highest BCUT2D eigenvalue weighted by atomic mass is 32.1. The second-order valence-electron chi connectivity index (χ2n) is 2.86. The maximum absolute atomic E-state index is 6.01. The molecule has 4 N–H and O–H groups in total. The summed E-state index contributed by atoms with van der Waals surface area (Å²) >= 11 is 1.52. The van der Waals surface area contributed by atoms with Crippen LogP contribution >= 0.6 is 11.3 Å². The van der Waals surface area contributed by atoms with E-state index in [1.165, 1.54) is 11.3 Å². The molecule has 0 spiro atoms. The van der Waals surface area contributed by atoms with Gasteiger partial charge in [0.15, 0.2) is 0 Å². The highest BCUT2D eigenvalue weighted by Gasteiger charge is 2.13. The number of nitrogens with zero attached hydrogens (tertiary/aromatic N) is 2. The summed E-state index contributed by atoms with van der Waals surface area (Å²) in [6, 6.07) is 3.48. The van der Waals surface area contributed by atoms with E-state index in [4.69, 9.17) is 11.5 Å². The van der Waals surface area contributed by atoms with Crippen LogP contribution in [0.4, 0.5) is 5.82 Å². The van der Waals surface area contributed by atoms with E-state index in [9.17, 15) is 0 Å². The fraction of sp³-hybridized carbons (Fsp3) is 0.111. The van der Waals surface area contributed by atoms with Crippen molar-refractivity contribution >= 4 is 17.2 Å². The van der Waals surface area contributed by atoms with Crippen LogP contribution in [0.5, 0.6) is 0 Å². The van der Waals surface area contributed by atoms with Gasteiger partial charge in [-0.3, -0.25) is 4.98 Å². The largest absolute Gasteiger partial charge is 0.383 e. The number of nitrogen functional groups attached to an aromatic ring is 1. The number of rotatable bonds is 2. The summed E-state index contributed by atoms with van der Waals surface area (Å²) in [7, 11) is 0. The van der Waals surface area contributed by atoms with Crippen molar-refractivity contribution in [3.63, 3.8) is 0 Å². The smallest absolute Gasteiger partial charge is 0.128 e. The summed E-state index contributed by atoms with van der Waals surface area (Å²) in [5.74, 6) is 0.480. The first-order valence-electron chi connectivity index (χ1n) is 4.13. The van der Waals surface area contributed by atoms with Gasteiger partial charge in [-0.05, 0) is 6.07 Å². The van der Waals surface area contributed by atoms with Gasteiger partial charge in [0.1, 0.15) is 5.82 Å². The van der Waals surface area contributed by atoms with Crippen LogP contribution < -0.4 is 11.5 Å². The number of anilines is 1. The SMILES string of the molecule is Nc1ncccc1C(N)c1cncs1. The number of hydrogen-bond acceptors (Lipinski definition) is 5. The van der Waals surface area contributed by atoms with E-state index in [-0.39, 0.29) is 6.04 Å². The van der Waals surface area contributed by atoms with Crippen molar-refractivity contribution in [2.24, 2.45) is 5.73 Å². The molecule has 2 aromatic rings. The highest BCUT2D eigenvalue weighted by molar-refractivity contribution is 7.09. The minimum atomic E-state index is -0.226. The van der Waals surface area contributed by atoms with Gasteiger partial charge < -0.3 is 11.5 Å². The number of nitrogens with two attached hydrogens (primary N) is 2. The van der Waals surface area contributed by atoms with Crippen molar-refractivity contribution in [1.82, 2.24) is 9.97 Å². The molecule has 0 aromatic carbocycles. The number of hydrogen-bond donors (Lipinski definition) is 2. The van der Waals surface area contributed by atoms with Crippen molar-refractivity contribution in [3.8, 4) is 0 Å². The number of thiazole rings is 1. The highest BCUT2D eigenvalue weighted by Crippen LogP contribution is 2.24. The van der Waals surface area contributed by atoms with Gasteiger partial charge in [0.05, 0.1) is 11.6 Å². The Morgan fingerprint density at radius 3 is 2.93 bits per heavy atom. The zero-order valence-corrected chi connectivity index (χ0v) is 8.24. The quantitative estimate of drug-likeness (QED) is 0.773. The Morgan fingerprint density at radius 1 is 1.43 bits per heavy atom. The average Bonchev–Trinajstić information content (AvgIpc) is 2.70. The van der Waals surface area contributed by atoms with Crippen molar-refractivity contribution in [2.75, 3.05) is 5.73 Å². The molecule has 0 amide bonds. The van der Waals surface area contributed by atoms with Gasteiger partial charge in [0.25, 0.3) is 0 Å². The first-order valence-corrected chi connectivity index (χ1v) is 5.01. The van der Waals surface area contributed by atoms with E-state index in [2.05, 4.69) is 9.97 Å². The van der Waals surface area contributed by atoms with Crippen LogP contribution in [-0.2, 0) is 0 Å². The molecule has 0 radical (unpaired) electrons. The van der Waals surface area contributed by atoms with Crippen LogP contribution in [0.3, 0.4) is 0 Å². The molecular weight excluding hydrogens is 196 g/mol. The monoisotopic (exact) mass is 206 g/mol. The third kappa shape index (κ3) is 1.59. The number of aromatic nitrogens is 2. The Balaban J connectivity index is 2.37. The lowest BCUT2D eigenvalue weighted by molar-refractivity contribution is 0.885. The first kappa shape index (κ1) is 9.11. The Kier molecular flexibility index (Phi) is 2.43. The summed E-state index contributed by atoms with van der Waals surface area (Å²) in [6.45, 7) is 0. The first-order chi connectivity index (χ1) is 6.79. The van der Waals surface area contributed by atoms with Gasteiger partial charge in [-0.1, -0.05) is 6.07 Å². The standard InChI is InChI=1S/C9H10N4S/c10-8(7-4-12-5-14-7)6-2-1-3-13-9(6)11/h1-5,8H,10H2,(H2,11,13). The second kappa shape index (κ2) is 3.73. The van der Waals surface area contributed by atoms with E-state index < -0.39 is 0 Å². The van der Waals surface area contributed by atoms with Gasteiger partial charge in [-0.15, -0.1) is 11.3 Å². The van der Waals surface area contributed by atoms with Crippen molar-refractivity contribution in [1.29, 1.82) is 0 Å². The Morgan fingerprint density at radius 2 is 2.29 bits per heavy atom. The average molecular weight is 206 g/mol. The predicted molar refractivity (Wildman–Crippen MR) is 56.8 cm³/mol. The van der Waals surface area contributed by atoms with Crippen LogP contribution in [0, 0.1) is 0 Å². The van der Waals surface area contributed by atoms with E-state index >= 15 is 0 Å². The van der Waals surface area contributed by atoms with Crippen LogP contribution in [0.25, 0.3) is 0 Å². The molecule has 1 unspecified atom stereocenters. The predicted octanol–water partition coefficient (Wildman–Crippen LogP) is 1.17. The molecule has 0 saturated carbocycles. The molecule has 0 aliphatic carbocycles. The molecule has 0 saturated heterocycles. The fourth-order valence-corrected chi connectivity index (χ4v) is 1.86. The maximum atomic E-state index is 6.01. The van der Waals surface area contributed by atoms with E-state index in [0.717, 1.165) is 10.4 Å². The zero-order chi connectivity index (χ0) is 9.97. The molecular formula is C9H10N4S. The molecule has 2 aromatic heterocycles. The third-order valence-corrected chi connectivity index (χ3v) is 2.82. The molecule has 14 heavy (non-hydrogen) atoms. The van der Waals surface area contributed by atoms with Crippen LogP contribution in [-0.4, -0.2) is 9.97 Å². The van der Waals surface area contributed by atoms with Crippen LogP contribution in [0.2, 0.25) is 0 Å². The lowest BCUT2D eigenvalue weighted by Gasteiger charge is -2.10. The lowest BCUT2D eigenvalue weighted by Crippen LogP contribution is -2.13. The summed E-state index contributed by atoms with van der Waals surface area (Å²) in [4.78, 5) is 8.96. The van der Waals surface area contributed by atoms with E-state index in [1.807, 2.05) is 12.1 Å². The molecule has 0 bridgehead atoms. The molecule has 72 valence electrons. The van der Waals surface area contributed by atoms with Gasteiger partial charge >= 0.3 is 0 Å². The minimum absolute atomic E-state index is 0.226. The number of pyridine rings is 1. The molecule has 0 aliphatic rings. The summed E-state index contributed by atoms with van der Waals surface area (Å²) in [6.07, 6.45) is 3.40. The molecule has 0 fully saturated rings. The lowest BCUT2D eigenvalue weighted by atomic mass is 10.1. The zero-order valence-electron chi connectivity index (χ0n) is 7.42. The Bertz CT molecular complexity index is 413. The molecule has 2 heterocycles. The normalized spacial score (nSPS) is 12.6. The molecule has 4 nitrogen and oxygen atoms in total. The molecule has 5 heteroatoms. The molecule has 0 aliphatic heterocycles. The van der Waals surface area contributed by atoms with E-state index in [1.54, 1.807) is 17.9 Å². The second-order valence-corrected chi connectivity index (χ2v) is 3.78. The molecule has 2 rings (SSSR count). The topological polar surface area (TPSA) is 77.8 Å². The van der Waals surface area contributed by atoms with Gasteiger partial charge in [-0.2, -0.15) is 0 Å². The molecule has 1 atom stereocenters. The Hall–Kier alpha value is -1.46. The van der Waals surface area contributed by atoms with Gasteiger partial charge in [0.2, 0.25) is 0 Å².